The van der Waals surface area contributed by atoms with Crippen molar-refractivity contribution in [1.29, 1.82) is 0 Å². The Morgan fingerprint density at radius 2 is 1.74 bits per heavy atom. The van der Waals surface area contributed by atoms with Crippen molar-refractivity contribution in [1.82, 2.24) is 4.72 Å². The van der Waals surface area contributed by atoms with Crippen molar-refractivity contribution >= 4 is 21.7 Å². The first-order chi connectivity index (χ1) is 14.9. The van der Waals surface area contributed by atoms with Crippen LogP contribution in [0.25, 0.3) is 0 Å². The zero-order valence-corrected chi connectivity index (χ0v) is 18.1. The molecule has 1 aromatic carbocycles. The maximum absolute atomic E-state index is 12.9. The summed E-state index contributed by atoms with van der Waals surface area (Å²) in [6.07, 6.45) is 7.82. The second kappa shape index (κ2) is 6.84. The summed E-state index contributed by atoms with van der Waals surface area (Å²) in [6, 6.07) is 2.88. The van der Waals surface area contributed by atoms with Gasteiger partial charge in [-0.3, -0.25) is 0 Å². The molecule has 0 radical (unpaired) electrons. The largest absolute Gasteiger partial charge is 0.447 e. The highest BCUT2D eigenvalue weighted by atomic mass is 32.2. The second-order valence-corrected chi connectivity index (χ2v) is 11.0. The van der Waals surface area contributed by atoms with Gasteiger partial charge < -0.3 is 14.8 Å². The Kier molecular flexibility index (Phi) is 4.27. The lowest BCUT2D eigenvalue weighted by atomic mass is 9.86. The number of hydrogen-bond acceptors (Lipinski definition) is 5. The maximum Gasteiger partial charge on any atom is 0.333 e. The zero-order valence-electron chi connectivity index (χ0n) is 17.2. The third kappa shape index (κ3) is 3.03. The highest BCUT2D eigenvalue weighted by Crippen LogP contribution is 2.52. The molecule has 2 amide bonds. The summed E-state index contributed by atoms with van der Waals surface area (Å²) in [4.78, 5) is 12.7. The molecular formula is C23H26N2O5S. The number of amides is 2. The molecule has 164 valence electrons. The molecule has 2 bridgehead atoms. The van der Waals surface area contributed by atoms with Gasteiger partial charge in [-0.15, -0.1) is 0 Å². The molecule has 0 saturated heterocycles. The van der Waals surface area contributed by atoms with E-state index >= 15 is 0 Å². The van der Waals surface area contributed by atoms with E-state index in [0.717, 1.165) is 74.6 Å². The molecule has 7 nitrogen and oxygen atoms in total. The average molecular weight is 443 g/mol. The van der Waals surface area contributed by atoms with E-state index in [2.05, 4.69) is 16.1 Å². The van der Waals surface area contributed by atoms with Crippen LogP contribution in [0.15, 0.2) is 21.6 Å². The fourth-order valence-electron chi connectivity index (χ4n) is 6.15. The Hall–Kier alpha value is -2.32. The van der Waals surface area contributed by atoms with Crippen LogP contribution >= 0.6 is 0 Å². The van der Waals surface area contributed by atoms with Crippen molar-refractivity contribution in [3.63, 3.8) is 0 Å². The minimum atomic E-state index is -4.18. The van der Waals surface area contributed by atoms with E-state index in [4.69, 9.17) is 4.42 Å². The first-order valence-electron chi connectivity index (χ1n) is 11.2. The van der Waals surface area contributed by atoms with Gasteiger partial charge in [-0.05, 0) is 86.0 Å². The zero-order chi connectivity index (χ0) is 21.3. The number of fused-ring (bicyclic) bond motifs is 6. The standard InChI is InChI=1S/C23H26N2O5S/c26-21-14-7-8-15(10-14)22-18(21)11-19(30-22)31(28,29)25-23(27)24-20-16-5-1-3-12(16)9-13-4-2-6-17(13)20/h9,11,14-15,21,26H,1-8,10H2,(H2,24,25,27)/t14-,15+,21?/m1/s1. The molecule has 1 unspecified atom stereocenters. The van der Waals surface area contributed by atoms with E-state index in [0.29, 0.717) is 11.3 Å². The number of hydrogen-bond donors (Lipinski definition) is 3. The average Bonchev–Trinajstić information content (AvgIpc) is 3.50. The normalized spacial score (nSPS) is 25.8. The summed E-state index contributed by atoms with van der Waals surface area (Å²) >= 11 is 0. The van der Waals surface area contributed by atoms with Crippen LogP contribution in [0.3, 0.4) is 0 Å². The lowest BCUT2D eigenvalue weighted by Gasteiger charge is -2.23. The number of carbonyl (C=O) groups is 1. The van der Waals surface area contributed by atoms with Gasteiger partial charge in [0.25, 0.3) is 10.0 Å². The number of furan rings is 1. The SMILES string of the molecule is O=C(Nc1c2c(cc3c1CCC3)CCC2)NS(=O)(=O)c1cc2c(o1)[C@H]1CC[C@H](C1)C2O. The third-order valence-electron chi connectivity index (χ3n) is 7.58. The fourth-order valence-corrected chi connectivity index (χ4v) is 7.03. The molecule has 4 aliphatic carbocycles. The molecule has 1 aromatic heterocycles. The number of benzene rings is 1. The first kappa shape index (κ1) is 19.4. The van der Waals surface area contributed by atoms with Crippen LogP contribution in [0.4, 0.5) is 10.5 Å². The topological polar surface area (TPSA) is 109 Å². The molecule has 6 rings (SSSR count). The van der Waals surface area contributed by atoms with E-state index in [-0.39, 0.29) is 16.9 Å². The molecule has 1 heterocycles. The maximum atomic E-state index is 12.9. The van der Waals surface area contributed by atoms with Gasteiger partial charge in [-0.1, -0.05) is 6.07 Å². The summed E-state index contributed by atoms with van der Waals surface area (Å²) in [6.45, 7) is 0. The van der Waals surface area contributed by atoms with Gasteiger partial charge in [0.05, 0.1) is 6.10 Å². The second-order valence-electron chi connectivity index (χ2n) is 9.39. The molecule has 4 aliphatic rings. The van der Waals surface area contributed by atoms with Crippen molar-refractivity contribution < 1.29 is 22.7 Å². The molecule has 3 N–H and O–H groups in total. The molecule has 8 heteroatoms. The van der Waals surface area contributed by atoms with Gasteiger partial charge in [-0.25, -0.2) is 9.52 Å². The minimum Gasteiger partial charge on any atom is -0.447 e. The van der Waals surface area contributed by atoms with Crippen LogP contribution in [0.5, 0.6) is 0 Å². The quantitative estimate of drug-likeness (QED) is 0.672. The van der Waals surface area contributed by atoms with Gasteiger partial charge in [0.2, 0.25) is 5.09 Å². The summed E-state index contributed by atoms with van der Waals surface area (Å²) in [7, 11) is -4.18. The van der Waals surface area contributed by atoms with Crippen molar-refractivity contribution in [2.75, 3.05) is 5.32 Å². The number of aryl methyl sites for hydroxylation is 2. The smallest absolute Gasteiger partial charge is 0.333 e. The highest BCUT2D eigenvalue weighted by molar-refractivity contribution is 7.89. The van der Waals surface area contributed by atoms with Crippen molar-refractivity contribution in [3.8, 4) is 0 Å². The Labute approximate surface area is 181 Å². The van der Waals surface area contributed by atoms with E-state index < -0.39 is 22.2 Å². The first-order valence-corrected chi connectivity index (χ1v) is 12.7. The van der Waals surface area contributed by atoms with Crippen LogP contribution in [0, 0.1) is 5.92 Å². The monoisotopic (exact) mass is 442 g/mol. The highest BCUT2D eigenvalue weighted by Gasteiger charge is 2.43. The van der Waals surface area contributed by atoms with E-state index in [1.807, 2.05) is 0 Å². The van der Waals surface area contributed by atoms with E-state index in [1.165, 1.54) is 17.2 Å². The van der Waals surface area contributed by atoms with Crippen molar-refractivity contribution in [2.24, 2.45) is 5.92 Å². The summed E-state index contributed by atoms with van der Waals surface area (Å²) in [5.41, 5.74) is 6.16. The molecule has 31 heavy (non-hydrogen) atoms. The molecule has 1 fully saturated rings. The molecule has 1 saturated carbocycles. The number of aliphatic hydroxyl groups is 1. The van der Waals surface area contributed by atoms with E-state index in [1.54, 1.807) is 0 Å². The van der Waals surface area contributed by atoms with E-state index in [9.17, 15) is 18.3 Å². The van der Waals surface area contributed by atoms with Gasteiger partial charge >= 0.3 is 6.03 Å². The van der Waals surface area contributed by atoms with Crippen LogP contribution in [-0.2, 0) is 35.7 Å². The van der Waals surface area contributed by atoms with Crippen molar-refractivity contribution in [3.05, 3.63) is 45.7 Å². The Balaban J connectivity index is 1.26. The molecule has 0 spiro atoms. The van der Waals surface area contributed by atoms with Gasteiger partial charge in [0, 0.05) is 23.2 Å². The number of aliphatic hydroxyl groups excluding tert-OH is 1. The Morgan fingerprint density at radius 1 is 1.03 bits per heavy atom. The summed E-state index contributed by atoms with van der Waals surface area (Å²) < 4.78 is 33.6. The van der Waals surface area contributed by atoms with Crippen LogP contribution in [0.1, 0.15) is 77.7 Å². The number of anilines is 1. The van der Waals surface area contributed by atoms with Crippen LogP contribution in [-0.4, -0.2) is 19.6 Å². The lowest BCUT2D eigenvalue weighted by Crippen LogP contribution is -2.34. The predicted molar refractivity (Wildman–Crippen MR) is 114 cm³/mol. The summed E-state index contributed by atoms with van der Waals surface area (Å²) in [5, 5.41) is 13.1. The van der Waals surface area contributed by atoms with Crippen LogP contribution in [0.2, 0.25) is 0 Å². The Morgan fingerprint density at radius 3 is 2.45 bits per heavy atom. The minimum absolute atomic E-state index is 0.149. The number of urea groups is 1. The third-order valence-corrected chi connectivity index (χ3v) is 8.77. The number of sulfonamides is 1. The van der Waals surface area contributed by atoms with Gasteiger partial charge in [0.15, 0.2) is 0 Å². The van der Waals surface area contributed by atoms with Crippen molar-refractivity contribution in [2.45, 2.75) is 74.9 Å². The summed E-state index contributed by atoms with van der Waals surface area (Å²) in [5.74, 6) is 0.862. The van der Waals surface area contributed by atoms with Crippen LogP contribution < -0.4 is 10.0 Å². The fraction of sp³-hybridized carbons (Fsp3) is 0.522. The number of nitrogens with one attached hydrogen (secondary N) is 2. The van der Waals surface area contributed by atoms with Gasteiger partial charge in [-0.2, -0.15) is 8.42 Å². The molecule has 0 aliphatic heterocycles. The number of rotatable bonds is 3. The van der Waals surface area contributed by atoms with Gasteiger partial charge in [0.1, 0.15) is 5.76 Å². The predicted octanol–water partition coefficient (Wildman–Crippen LogP) is 3.70. The number of carbonyl (C=O) groups excluding carboxylic acids is 1. The molecule has 2 aromatic rings. The molecular weight excluding hydrogens is 416 g/mol. The Bertz CT molecular complexity index is 1150. The molecule has 3 atom stereocenters. The lowest BCUT2D eigenvalue weighted by molar-refractivity contribution is 0.101.